The Balaban J connectivity index is 2.17. The summed E-state index contributed by atoms with van der Waals surface area (Å²) in [5.41, 5.74) is 4.36. The third kappa shape index (κ3) is 2.24. The fourth-order valence-corrected chi connectivity index (χ4v) is 2.35. The first-order valence-electron chi connectivity index (χ1n) is 6.19. The van der Waals surface area contributed by atoms with E-state index in [0.29, 0.717) is 5.56 Å². The fourth-order valence-electron chi connectivity index (χ4n) is 2.35. The fraction of sp³-hybridized carbons (Fsp3) is 0.0667. The number of pyridine rings is 2. The van der Waals surface area contributed by atoms with E-state index < -0.39 is 0 Å². The maximum absolute atomic E-state index is 13.4. The molecule has 0 fully saturated rings. The highest BCUT2D eigenvalue weighted by Gasteiger charge is 2.16. The molecule has 0 saturated heterocycles. The molecule has 3 N–H and O–H groups in total. The Labute approximate surface area is 115 Å². The molecular formula is C15H13FN4. The minimum absolute atomic E-state index is 0.329. The number of fused-ring (bicyclic) bond motifs is 1. The highest BCUT2D eigenvalue weighted by molar-refractivity contribution is 5.85. The molecule has 0 bridgehead atoms. The molecule has 2 aromatic heterocycles. The van der Waals surface area contributed by atoms with Crippen LogP contribution in [0.2, 0.25) is 0 Å². The molecule has 4 nitrogen and oxygen atoms in total. The Hall–Kier alpha value is -2.37. The van der Waals surface area contributed by atoms with Crippen molar-refractivity contribution in [2.75, 3.05) is 0 Å². The first kappa shape index (κ1) is 12.7. The number of nitrogens with two attached hydrogens (primary N) is 1. The van der Waals surface area contributed by atoms with E-state index in [-0.39, 0.29) is 11.9 Å². The Morgan fingerprint density at radius 1 is 1.10 bits per heavy atom. The number of nitrogens with one attached hydrogen (secondary N) is 1. The van der Waals surface area contributed by atoms with Crippen molar-refractivity contribution in [1.82, 2.24) is 15.4 Å². The van der Waals surface area contributed by atoms with Gasteiger partial charge in [0, 0.05) is 24.0 Å². The van der Waals surface area contributed by atoms with Crippen LogP contribution in [0.25, 0.3) is 10.8 Å². The summed E-state index contributed by atoms with van der Waals surface area (Å²) in [6.45, 7) is 0. The summed E-state index contributed by atoms with van der Waals surface area (Å²) in [7, 11) is 0. The molecule has 3 aromatic rings. The van der Waals surface area contributed by atoms with E-state index in [1.165, 1.54) is 12.3 Å². The van der Waals surface area contributed by atoms with Crippen molar-refractivity contribution in [2.45, 2.75) is 6.04 Å². The molecule has 5 heteroatoms. The molecule has 1 unspecified atom stereocenters. The third-order valence-corrected chi connectivity index (χ3v) is 3.25. The molecule has 0 spiro atoms. The lowest BCUT2D eigenvalue weighted by molar-refractivity contribution is 0.599. The number of hydrogen-bond donors (Lipinski definition) is 2. The van der Waals surface area contributed by atoms with Crippen LogP contribution in [0.5, 0.6) is 0 Å². The van der Waals surface area contributed by atoms with Gasteiger partial charge in [-0.25, -0.2) is 9.82 Å². The standard InChI is InChI=1S/C15H13FN4/c16-12-6-11(8-19-9-12)15(20-17)14-3-1-2-10-7-18-5-4-13(10)14/h1-9,15,20H,17H2. The van der Waals surface area contributed by atoms with Gasteiger partial charge in [0.15, 0.2) is 0 Å². The van der Waals surface area contributed by atoms with Crippen molar-refractivity contribution in [3.63, 3.8) is 0 Å². The highest BCUT2D eigenvalue weighted by Crippen LogP contribution is 2.27. The zero-order chi connectivity index (χ0) is 13.9. The summed E-state index contributed by atoms with van der Waals surface area (Å²) in [5, 5.41) is 2.03. The molecule has 3 rings (SSSR count). The summed E-state index contributed by atoms with van der Waals surface area (Å²) in [6.07, 6.45) is 6.29. The number of benzene rings is 1. The van der Waals surface area contributed by atoms with Gasteiger partial charge in [-0.3, -0.25) is 15.8 Å². The van der Waals surface area contributed by atoms with Gasteiger partial charge >= 0.3 is 0 Å². The number of aromatic nitrogens is 2. The van der Waals surface area contributed by atoms with Crippen molar-refractivity contribution in [2.24, 2.45) is 5.84 Å². The molecule has 0 aliphatic heterocycles. The maximum atomic E-state index is 13.4. The summed E-state index contributed by atoms with van der Waals surface area (Å²) in [4.78, 5) is 7.98. The number of halogens is 1. The number of hydrazine groups is 1. The lowest BCUT2D eigenvalue weighted by Gasteiger charge is -2.18. The topological polar surface area (TPSA) is 63.8 Å². The van der Waals surface area contributed by atoms with E-state index in [1.54, 1.807) is 18.6 Å². The largest absolute Gasteiger partial charge is 0.271 e. The van der Waals surface area contributed by atoms with Crippen LogP contribution in [0.4, 0.5) is 4.39 Å². The van der Waals surface area contributed by atoms with Crippen LogP contribution in [0, 0.1) is 5.82 Å². The number of hydrogen-bond acceptors (Lipinski definition) is 4. The predicted octanol–water partition coefficient (Wildman–Crippen LogP) is 2.32. The van der Waals surface area contributed by atoms with Crippen LogP contribution in [0.3, 0.4) is 0 Å². The van der Waals surface area contributed by atoms with Crippen LogP contribution >= 0.6 is 0 Å². The van der Waals surface area contributed by atoms with E-state index in [4.69, 9.17) is 5.84 Å². The van der Waals surface area contributed by atoms with Crippen LogP contribution in [0.1, 0.15) is 17.2 Å². The average molecular weight is 268 g/mol. The van der Waals surface area contributed by atoms with Gasteiger partial charge in [-0.05, 0) is 28.6 Å². The molecular weight excluding hydrogens is 255 g/mol. The minimum Gasteiger partial charge on any atom is -0.271 e. The van der Waals surface area contributed by atoms with Crippen LogP contribution in [-0.4, -0.2) is 9.97 Å². The first-order chi connectivity index (χ1) is 9.79. The molecule has 0 aliphatic carbocycles. The molecule has 0 aliphatic rings. The number of nitrogens with zero attached hydrogens (tertiary/aromatic N) is 2. The van der Waals surface area contributed by atoms with Crippen molar-refractivity contribution in [3.8, 4) is 0 Å². The Morgan fingerprint density at radius 3 is 2.80 bits per heavy atom. The Morgan fingerprint density at radius 2 is 2.00 bits per heavy atom. The van der Waals surface area contributed by atoms with Gasteiger partial charge < -0.3 is 0 Å². The molecule has 0 amide bonds. The van der Waals surface area contributed by atoms with E-state index in [0.717, 1.165) is 16.3 Å². The van der Waals surface area contributed by atoms with Crippen molar-refractivity contribution >= 4 is 10.8 Å². The SMILES string of the molecule is NNC(c1cncc(F)c1)c1cccc2cnccc12. The van der Waals surface area contributed by atoms with Gasteiger partial charge in [-0.15, -0.1) is 0 Å². The van der Waals surface area contributed by atoms with Gasteiger partial charge in [0.05, 0.1) is 12.2 Å². The second-order valence-corrected chi connectivity index (χ2v) is 4.48. The lowest BCUT2D eigenvalue weighted by Crippen LogP contribution is -2.29. The molecule has 0 radical (unpaired) electrons. The second kappa shape index (κ2) is 5.32. The normalized spacial score (nSPS) is 12.5. The monoisotopic (exact) mass is 268 g/mol. The molecule has 1 atom stereocenters. The van der Waals surface area contributed by atoms with Gasteiger partial charge in [0.1, 0.15) is 5.82 Å². The molecule has 1 aromatic carbocycles. The van der Waals surface area contributed by atoms with E-state index >= 15 is 0 Å². The summed E-state index contributed by atoms with van der Waals surface area (Å²) >= 11 is 0. The average Bonchev–Trinajstić information content (AvgIpc) is 2.48. The van der Waals surface area contributed by atoms with Gasteiger partial charge in [-0.1, -0.05) is 18.2 Å². The van der Waals surface area contributed by atoms with Crippen molar-refractivity contribution in [1.29, 1.82) is 0 Å². The zero-order valence-electron chi connectivity index (χ0n) is 10.6. The predicted molar refractivity (Wildman–Crippen MR) is 75.1 cm³/mol. The molecule has 2 heterocycles. The van der Waals surface area contributed by atoms with E-state index in [9.17, 15) is 4.39 Å². The first-order valence-corrected chi connectivity index (χ1v) is 6.19. The third-order valence-electron chi connectivity index (χ3n) is 3.25. The van der Waals surface area contributed by atoms with Crippen LogP contribution in [0.15, 0.2) is 55.1 Å². The molecule has 100 valence electrons. The second-order valence-electron chi connectivity index (χ2n) is 4.48. The Bertz CT molecular complexity index is 739. The zero-order valence-corrected chi connectivity index (χ0v) is 10.6. The quantitative estimate of drug-likeness (QED) is 0.565. The van der Waals surface area contributed by atoms with Gasteiger partial charge in [0.25, 0.3) is 0 Å². The van der Waals surface area contributed by atoms with Crippen LogP contribution in [-0.2, 0) is 0 Å². The molecule has 20 heavy (non-hydrogen) atoms. The summed E-state index contributed by atoms with van der Waals surface area (Å²) < 4.78 is 13.4. The Kier molecular flexibility index (Phi) is 3.37. The lowest BCUT2D eigenvalue weighted by atomic mass is 9.96. The molecule has 0 saturated carbocycles. The maximum Gasteiger partial charge on any atom is 0.141 e. The van der Waals surface area contributed by atoms with Crippen molar-refractivity contribution in [3.05, 3.63) is 72.1 Å². The highest BCUT2D eigenvalue weighted by atomic mass is 19.1. The smallest absolute Gasteiger partial charge is 0.141 e. The van der Waals surface area contributed by atoms with E-state index in [1.807, 2.05) is 24.3 Å². The minimum atomic E-state index is -0.385. The summed E-state index contributed by atoms with van der Waals surface area (Å²) in [5.74, 6) is 5.28. The van der Waals surface area contributed by atoms with Gasteiger partial charge in [-0.2, -0.15) is 0 Å². The summed E-state index contributed by atoms with van der Waals surface area (Å²) in [6, 6.07) is 8.88. The number of rotatable bonds is 3. The van der Waals surface area contributed by atoms with Crippen molar-refractivity contribution < 1.29 is 4.39 Å². The van der Waals surface area contributed by atoms with Gasteiger partial charge in [0.2, 0.25) is 0 Å². The van der Waals surface area contributed by atoms with Crippen LogP contribution < -0.4 is 11.3 Å². The van der Waals surface area contributed by atoms with E-state index in [2.05, 4.69) is 15.4 Å².